The minimum Gasteiger partial charge on any atom is -0.366 e. The molecule has 0 aliphatic carbocycles. The van der Waals surface area contributed by atoms with E-state index >= 15 is 0 Å². The lowest BCUT2D eigenvalue weighted by Gasteiger charge is -2.09. The van der Waals surface area contributed by atoms with E-state index in [1.165, 1.54) is 29.5 Å². The monoisotopic (exact) mass is 449 g/mol. The molecular formula is C15H8BrClF3N3OS. The number of carbonyl (C=O) groups is 1. The third-order valence-electron chi connectivity index (χ3n) is 3.28. The molecule has 0 aliphatic heterocycles. The van der Waals surface area contributed by atoms with Crippen molar-refractivity contribution in [3.63, 3.8) is 0 Å². The molecule has 1 aromatic carbocycles. The van der Waals surface area contributed by atoms with Crippen molar-refractivity contribution in [2.45, 2.75) is 6.18 Å². The zero-order valence-corrected chi connectivity index (χ0v) is 15.3. The lowest BCUT2D eigenvalue weighted by molar-refractivity contribution is -0.141. The van der Waals surface area contributed by atoms with Crippen LogP contribution in [0.5, 0.6) is 0 Å². The number of rotatable bonds is 3. The maximum atomic E-state index is 13.1. The third kappa shape index (κ3) is 3.58. The van der Waals surface area contributed by atoms with Gasteiger partial charge >= 0.3 is 6.18 Å². The van der Waals surface area contributed by atoms with E-state index in [1.54, 1.807) is 12.1 Å². The SMILES string of the molecule is NC(=O)c1ccc(Cl)c(-n2nc(C(F)(F)F)cc2-c2ccc(Br)s2)c1. The normalized spacial score (nSPS) is 11.7. The fourth-order valence-electron chi connectivity index (χ4n) is 2.16. The Morgan fingerprint density at radius 3 is 2.52 bits per heavy atom. The zero-order valence-electron chi connectivity index (χ0n) is 12.1. The van der Waals surface area contributed by atoms with E-state index in [-0.39, 0.29) is 22.0 Å². The fraction of sp³-hybridized carbons (Fsp3) is 0.0667. The molecule has 0 saturated heterocycles. The lowest BCUT2D eigenvalue weighted by atomic mass is 10.2. The molecule has 0 fully saturated rings. The van der Waals surface area contributed by atoms with Gasteiger partial charge in [-0.3, -0.25) is 4.79 Å². The van der Waals surface area contributed by atoms with Crippen LogP contribution in [0.2, 0.25) is 5.02 Å². The molecule has 4 nitrogen and oxygen atoms in total. The Balaban J connectivity index is 2.26. The highest BCUT2D eigenvalue weighted by Gasteiger charge is 2.35. The first-order valence-electron chi connectivity index (χ1n) is 6.69. The maximum absolute atomic E-state index is 13.1. The number of hydrogen-bond acceptors (Lipinski definition) is 3. The van der Waals surface area contributed by atoms with Gasteiger partial charge in [-0.15, -0.1) is 11.3 Å². The van der Waals surface area contributed by atoms with Crippen LogP contribution in [0.1, 0.15) is 16.1 Å². The van der Waals surface area contributed by atoms with Crippen LogP contribution < -0.4 is 5.73 Å². The summed E-state index contributed by atoms with van der Waals surface area (Å²) in [6.07, 6.45) is -4.62. The van der Waals surface area contributed by atoms with Crippen LogP contribution in [0.4, 0.5) is 13.2 Å². The number of aromatic nitrogens is 2. The molecule has 0 spiro atoms. The average Bonchev–Trinajstić information content (AvgIpc) is 3.13. The van der Waals surface area contributed by atoms with Crippen molar-refractivity contribution in [2.75, 3.05) is 0 Å². The summed E-state index contributed by atoms with van der Waals surface area (Å²) in [5.41, 5.74) is 4.63. The van der Waals surface area contributed by atoms with Gasteiger partial charge in [0.15, 0.2) is 5.69 Å². The highest BCUT2D eigenvalue weighted by atomic mass is 79.9. The number of primary amides is 1. The van der Waals surface area contributed by atoms with Crippen molar-refractivity contribution in [2.24, 2.45) is 5.73 Å². The molecule has 0 atom stereocenters. The molecule has 2 heterocycles. The predicted molar refractivity (Wildman–Crippen MR) is 93.1 cm³/mol. The number of carbonyl (C=O) groups excluding carboxylic acids is 1. The molecule has 0 aliphatic rings. The van der Waals surface area contributed by atoms with Crippen LogP contribution in [0, 0.1) is 0 Å². The number of hydrogen-bond donors (Lipinski definition) is 1. The van der Waals surface area contributed by atoms with Crippen LogP contribution >= 0.6 is 38.9 Å². The summed E-state index contributed by atoms with van der Waals surface area (Å²) in [6, 6.07) is 8.40. The summed E-state index contributed by atoms with van der Waals surface area (Å²) in [5.74, 6) is -0.721. The first-order valence-corrected chi connectivity index (χ1v) is 8.68. The van der Waals surface area contributed by atoms with E-state index in [0.29, 0.717) is 4.88 Å². The standard InChI is InChI=1S/C15H8BrClF3N3OS/c16-13-4-3-11(25-13)10-6-12(15(18,19)20)22-23(10)9-5-7(14(21)24)1-2-8(9)17/h1-6H,(H2,21,24). The Kier molecular flexibility index (Phi) is 4.65. The van der Waals surface area contributed by atoms with Gasteiger partial charge in [-0.1, -0.05) is 11.6 Å². The minimum absolute atomic E-state index is 0.113. The molecule has 130 valence electrons. The van der Waals surface area contributed by atoms with Gasteiger partial charge in [0.25, 0.3) is 0 Å². The molecule has 0 radical (unpaired) electrons. The van der Waals surface area contributed by atoms with Gasteiger partial charge in [0.1, 0.15) is 0 Å². The molecule has 2 aromatic heterocycles. The van der Waals surface area contributed by atoms with Crippen molar-refractivity contribution in [3.05, 3.63) is 56.5 Å². The summed E-state index contributed by atoms with van der Waals surface area (Å²) < 4.78 is 41.2. The smallest absolute Gasteiger partial charge is 0.366 e. The zero-order chi connectivity index (χ0) is 18.4. The third-order valence-corrected chi connectivity index (χ3v) is 5.25. The van der Waals surface area contributed by atoms with Gasteiger partial charge in [0.05, 0.1) is 25.1 Å². The number of nitrogens with two attached hydrogens (primary N) is 1. The number of nitrogens with zero attached hydrogens (tertiary/aromatic N) is 2. The van der Waals surface area contributed by atoms with Gasteiger partial charge < -0.3 is 5.73 Å². The molecule has 0 unspecified atom stereocenters. The summed E-state index contributed by atoms with van der Waals surface area (Å²) in [7, 11) is 0. The topological polar surface area (TPSA) is 60.9 Å². The summed E-state index contributed by atoms with van der Waals surface area (Å²) in [4.78, 5) is 11.9. The van der Waals surface area contributed by atoms with Crippen molar-refractivity contribution in [1.82, 2.24) is 9.78 Å². The lowest BCUT2D eigenvalue weighted by Crippen LogP contribution is -2.12. The van der Waals surface area contributed by atoms with E-state index in [4.69, 9.17) is 17.3 Å². The Morgan fingerprint density at radius 1 is 1.24 bits per heavy atom. The Bertz CT molecular complexity index is 967. The van der Waals surface area contributed by atoms with Crippen LogP contribution in [-0.4, -0.2) is 15.7 Å². The predicted octanol–water partition coefficient (Wildman–Crippen LogP) is 5.13. The molecular weight excluding hydrogens is 443 g/mol. The van der Waals surface area contributed by atoms with Gasteiger partial charge in [-0.25, -0.2) is 4.68 Å². The summed E-state index contributed by atoms with van der Waals surface area (Å²) >= 11 is 10.6. The highest BCUT2D eigenvalue weighted by Crippen LogP contribution is 2.38. The number of alkyl halides is 3. The molecule has 3 aromatic rings. The number of amides is 1. The average molecular weight is 451 g/mol. The minimum atomic E-state index is -4.62. The Hall–Kier alpha value is -1.84. The second-order valence-corrected chi connectivity index (χ2v) is 7.83. The first-order chi connectivity index (χ1) is 11.7. The summed E-state index contributed by atoms with van der Waals surface area (Å²) in [5, 5.41) is 3.78. The van der Waals surface area contributed by atoms with E-state index < -0.39 is 17.8 Å². The number of thiophene rings is 1. The maximum Gasteiger partial charge on any atom is 0.435 e. The molecule has 0 saturated carbocycles. The summed E-state index contributed by atoms with van der Waals surface area (Å²) in [6.45, 7) is 0. The van der Waals surface area contributed by atoms with Crippen LogP contribution in [0.3, 0.4) is 0 Å². The number of halogens is 5. The highest BCUT2D eigenvalue weighted by molar-refractivity contribution is 9.11. The van der Waals surface area contributed by atoms with Crippen molar-refractivity contribution < 1.29 is 18.0 Å². The Labute approximate surface area is 157 Å². The van der Waals surface area contributed by atoms with E-state index in [0.717, 1.165) is 14.5 Å². The molecule has 2 N–H and O–H groups in total. The van der Waals surface area contributed by atoms with Gasteiger partial charge in [0.2, 0.25) is 5.91 Å². The first kappa shape index (κ1) is 18.0. The molecule has 3 rings (SSSR count). The second-order valence-electron chi connectivity index (χ2n) is 4.96. The van der Waals surface area contributed by atoms with E-state index in [2.05, 4.69) is 21.0 Å². The van der Waals surface area contributed by atoms with Crippen molar-refractivity contribution >= 4 is 44.8 Å². The van der Waals surface area contributed by atoms with Crippen LogP contribution in [0.25, 0.3) is 16.3 Å². The molecule has 25 heavy (non-hydrogen) atoms. The van der Waals surface area contributed by atoms with Crippen molar-refractivity contribution in [3.8, 4) is 16.3 Å². The quantitative estimate of drug-likeness (QED) is 0.601. The van der Waals surface area contributed by atoms with Gasteiger partial charge in [-0.2, -0.15) is 18.3 Å². The molecule has 0 bridgehead atoms. The fourth-order valence-corrected chi connectivity index (χ4v) is 3.74. The van der Waals surface area contributed by atoms with Crippen LogP contribution in [0.15, 0.2) is 40.2 Å². The number of benzene rings is 1. The molecule has 1 amide bonds. The largest absolute Gasteiger partial charge is 0.435 e. The second kappa shape index (κ2) is 6.47. The van der Waals surface area contributed by atoms with E-state index in [1.807, 2.05) is 0 Å². The van der Waals surface area contributed by atoms with Gasteiger partial charge in [0, 0.05) is 5.56 Å². The Morgan fingerprint density at radius 2 is 1.96 bits per heavy atom. The van der Waals surface area contributed by atoms with E-state index in [9.17, 15) is 18.0 Å². The van der Waals surface area contributed by atoms with Crippen LogP contribution in [-0.2, 0) is 6.18 Å². The molecule has 10 heteroatoms. The van der Waals surface area contributed by atoms with Gasteiger partial charge in [-0.05, 0) is 52.3 Å². The van der Waals surface area contributed by atoms with Crippen molar-refractivity contribution in [1.29, 1.82) is 0 Å².